The summed E-state index contributed by atoms with van der Waals surface area (Å²) in [5, 5.41) is 16.8. The number of rotatable bonds is 4. The number of carbonyl (C=O) groups is 1. The fraction of sp³-hybridized carbons (Fsp3) is 0.250. The van der Waals surface area contributed by atoms with E-state index in [2.05, 4.69) is 15.0 Å². The third-order valence-electron chi connectivity index (χ3n) is 2.73. The Morgan fingerprint density at radius 2 is 1.96 bits per heavy atom. The second-order valence-electron chi connectivity index (χ2n) is 4.19. The molecule has 0 bridgehead atoms. The van der Waals surface area contributed by atoms with Crippen molar-refractivity contribution in [2.45, 2.75) is 13.2 Å². The first-order valence-electron chi connectivity index (χ1n) is 6.20. The topological polar surface area (TPSA) is 100 Å². The van der Waals surface area contributed by atoms with Gasteiger partial charge in [-0.15, -0.1) is 23.0 Å². The summed E-state index contributed by atoms with van der Waals surface area (Å²) in [6.07, 6.45) is -4.92. The molecule has 1 heterocycles. The maximum atomic E-state index is 13.0. The molecular formula is C12H9F3N4O4. The van der Waals surface area contributed by atoms with E-state index >= 15 is 0 Å². The molecule has 23 heavy (non-hydrogen) atoms. The molecule has 1 aromatic carbocycles. The molecule has 0 saturated carbocycles. The first-order valence-corrected chi connectivity index (χ1v) is 6.20. The highest BCUT2D eigenvalue weighted by molar-refractivity contribution is 5.94. The zero-order chi connectivity index (χ0) is 17.2. The van der Waals surface area contributed by atoms with E-state index in [-0.39, 0.29) is 22.5 Å². The van der Waals surface area contributed by atoms with Crippen LogP contribution in [-0.2, 0) is 11.0 Å². The van der Waals surface area contributed by atoms with Gasteiger partial charge >= 0.3 is 12.3 Å². The van der Waals surface area contributed by atoms with E-state index in [0.29, 0.717) is 0 Å². The first kappa shape index (κ1) is 16.4. The molecule has 0 amide bonds. The molecular weight excluding hydrogens is 321 g/mol. The summed E-state index contributed by atoms with van der Waals surface area (Å²) in [5.41, 5.74) is -1.69. The first-order chi connectivity index (χ1) is 10.8. The van der Waals surface area contributed by atoms with Gasteiger partial charge in [-0.3, -0.25) is 10.1 Å². The molecule has 0 saturated heterocycles. The van der Waals surface area contributed by atoms with E-state index in [9.17, 15) is 28.1 Å². The summed E-state index contributed by atoms with van der Waals surface area (Å²) in [6.45, 7) is 1.43. The molecule has 8 nitrogen and oxygen atoms in total. The molecule has 0 atom stereocenters. The smallest absolute Gasteiger partial charge is 0.461 e. The van der Waals surface area contributed by atoms with Crippen LogP contribution in [0.1, 0.15) is 17.4 Å². The largest absolute Gasteiger partial charge is 0.506 e. The highest BCUT2D eigenvalue weighted by Gasteiger charge is 2.38. The third-order valence-corrected chi connectivity index (χ3v) is 2.73. The van der Waals surface area contributed by atoms with E-state index in [0.717, 1.165) is 24.3 Å². The van der Waals surface area contributed by atoms with Gasteiger partial charge in [0.1, 0.15) is 5.69 Å². The fourth-order valence-corrected chi connectivity index (χ4v) is 1.80. The fourth-order valence-electron chi connectivity index (χ4n) is 1.80. The molecule has 0 spiro atoms. The second kappa shape index (κ2) is 6.02. The van der Waals surface area contributed by atoms with E-state index in [1.54, 1.807) is 0 Å². The lowest BCUT2D eigenvalue weighted by Gasteiger charge is -2.10. The number of carbonyl (C=O) groups excluding carboxylic acids is 1. The summed E-state index contributed by atoms with van der Waals surface area (Å²) in [4.78, 5) is 21.6. The zero-order valence-electron chi connectivity index (χ0n) is 11.6. The maximum Gasteiger partial charge on any atom is 0.506 e. The summed E-state index contributed by atoms with van der Waals surface area (Å²) in [6, 6.07) is 4.17. The van der Waals surface area contributed by atoms with Crippen molar-refractivity contribution in [3.05, 3.63) is 40.1 Å². The van der Waals surface area contributed by atoms with Crippen molar-refractivity contribution in [3.63, 3.8) is 0 Å². The van der Waals surface area contributed by atoms with Crippen LogP contribution in [0.5, 0.6) is 0 Å². The molecule has 11 heteroatoms. The highest BCUT2D eigenvalue weighted by Crippen LogP contribution is 2.32. The van der Waals surface area contributed by atoms with Gasteiger partial charge in [0.05, 0.1) is 11.5 Å². The molecule has 0 aliphatic heterocycles. The lowest BCUT2D eigenvalue weighted by atomic mass is 10.1. The van der Waals surface area contributed by atoms with Gasteiger partial charge in [-0.25, -0.2) is 4.79 Å². The molecule has 0 aliphatic carbocycles. The molecule has 122 valence electrons. The Balaban J connectivity index is 2.59. The van der Waals surface area contributed by atoms with Crippen molar-refractivity contribution >= 4 is 11.7 Å². The summed E-state index contributed by atoms with van der Waals surface area (Å²) in [7, 11) is 0. The van der Waals surface area contributed by atoms with Gasteiger partial charge in [-0.2, -0.15) is 0 Å². The molecule has 2 aromatic rings. The quantitative estimate of drug-likeness (QED) is 0.485. The number of esters is 1. The lowest BCUT2D eigenvalue weighted by Crippen LogP contribution is -2.20. The molecule has 2 rings (SSSR count). The SMILES string of the molecule is CCOC(=O)c1nnn(C(F)(F)F)c1-c1ccc([N+](=O)[O-])cc1. The number of ether oxygens (including phenoxy) is 1. The highest BCUT2D eigenvalue weighted by atomic mass is 19.4. The number of alkyl halides is 3. The number of halogens is 3. The van der Waals surface area contributed by atoms with Gasteiger partial charge in [-0.1, -0.05) is 5.21 Å². The number of hydrogen-bond acceptors (Lipinski definition) is 6. The van der Waals surface area contributed by atoms with E-state index < -0.39 is 28.6 Å². The van der Waals surface area contributed by atoms with Crippen LogP contribution in [0.15, 0.2) is 24.3 Å². The number of hydrogen-bond donors (Lipinski definition) is 0. The van der Waals surface area contributed by atoms with Crippen molar-refractivity contribution in [2.24, 2.45) is 0 Å². The van der Waals surface area contributed by atoms with Crippen LogP contribution in [0.25, 0.3) is 11.3 Å². The minimum absolute atomic E-state index is 0.0581. The average molecular weight is 330 g/mol. The van der Waals surface area contributed by atoms with Crippen LogP contribution < -0.4 is 0 Å². The Kier molecular flexibility index (Phi) is 4.29. The van der Waals surface area contributed by atoms with Gasteiger partial charge in [0.15, 0.2) is 5.69 Å². The standard InChI is InChI=1S/C12H9F3N4O4/c1-2-23-11(20)9-10(18(17-16-9)12(13,14)15)7-3-5-8(6-4-7)19(21)22/h3-6H,2H2,1H3. The Morgan fingerprint density at radius 3 is 2.43 bits per heavy atom. The minimum Gasteiger partial charge on any atom is -0.461 e. The summed E-state index contributed by atoms with van der Waals surface area (Å²) in [5.74, 6) is -1.07. The zero-order valence-corrected chi connectivity index (χ0v) is 11.6. The van der Waals surface area contributed by atoms with Crippen LogP contribution in [-0.4, -0.2) is 32.5 Å². The van der Waals surface area contributed by atoms with Gasteiger partial charge in [-0.05, 0) is 19.1 Å². The van der Waals surface area contributed by atoms with Crippen molar-refractivity contribution in [2.75, 3.05) is 6.61 Å². The van der Waals surface area contributed by atoms with Crippen LogP contribution in [0.2, 0.25) is 0 Å². The van der Waals surface area contributed by atoms with Gasteiger partial charge in [0, 0.05) is 17.7 Å². The van der Waals surface area contributed by atoms with Gasteiger partial charge in [0.2, 0.25) is 0 Å². The predicted octanol–water partition coefficient (Wildman–Crippen LogP) is 2.51. The number of nitrogens with zero attached hydrogens (tertiary/aromatic N) is 4. The van der Waals surface area contributed by atoms with Crippen molar-refractivity contribution < 1.29 is 27.6 Å². The molecule has 0 unspecified atom stereocenters. The van der Waals surface area contributed by atoms with Crippen LogP contribution >= 0.6 is 0 Å². The van der Waals surface area contributed by atoms with E-state index in [1.165, 1.54) is 6.92 Å². The summed E-state index contributed by atoms with van der Waals surface area (Å²) < 4.78 is 43.3. The lowest BCUT2D eigenvalue weighted by molar-refractivity contribution is -0.384. The third kappa shape index (κ3) is 3.27. The number of nitro benzene ring substituents is 1. The Hall–Kier alpha value is -2.98. The normalized spacial score (nSPS) is 11.3. The molecule has 0 radical (unpaired) electrons. The molecule has 0 fully saturated rings. The van der Waals surface area contributed by atoms with Crippen LogP contribution in [0.4, 0.5) is 18.9 Å². The number of non-ortho nitro benzene ring substituents is 1. The Labute approximate surface area is 126 Å². The summed E-state index contributed by atoms with van der Waals surface area (Å²) >= 11 is 0. The Morgan fingerprint density at radius 1 is 1.35 bits per heavy atom. The van der Waals surface area contributed by atoms with Crippen LogP contribution in [0, 0.1) is 10.1 Å². The minimum atomic E-state index is -4.92. The Bertz CT molecular complexity index is 740. The van der Waals surface area contributed by atoms with E-state index in [4.69, 9.17) is 0 Å². The van der Waals surface area contributed by atoms with Crippen molar-refractivity contribution in [1.29, 1.82) is 0 Å². The van der Waals surface area contributed by atoms with Gasteiger partial charge < -0.3 is 4.74 Å². The number of aromatic nitrogens is 3. The van der Waals surface area contributed by atoms with Gasteiger partial charge in [0.25, 0.3) is 5.69 Å². The monoisotopic (exact) mass is 330 g/mol. The van der Waals surface area contributed by atoms with Crippen molar-refractivity contribution in [1.82, 2.24) is 15.0 Å². The maximum absolute atomic E-state index is 13.0. The molecule has 0 aliphatic rings. The van der Waals surface area contributed by atoms with Crippen molar-refractivity contribution in [3.8, 4) is 11.3 Å². The number of nitro groups is 1. The second-order valence-corrected chi connectivity index (χ2v) is 4.19. The predicted molar refractivity (Wildman–Crippen MR) is 69.4 cm³/mol. The molecule has 1 aromatic heterocycles. The van der Waals surface area contributed by atoms with Crippen LogP contribution in [0.3, 0.4) is 0 Å². The number of benzene rings is 1. The molecule has 0 N–H and O–H groups in total. The van der Waals surface area contributed by atoms with E-state index in [1.807, 2.05) is 0 Å². The average Bonchev–Trinajstić information content (AvgIpc) is 2.92.